The van der Waals surface area contributed by atoms with Crippen molar-refractivity contribution >= 4 is 127 Å². The molecule has 4 N–H and O–H groups in total. The lowest BCUT2D eigenvalue weighted by Crippen LogP contribution is -2.32. The van der Waals surface area contributed by atoms with E-state index >= 15 is 0 Å². The molecule has 0 saturated carbocycles. The third kappa shape index (κ3) is 13.6. The second kappa shape index (κ2) is 24.0. The molecule has 0 aliphatic carbocycles. The molecule has 5 aromatic rings. The number of ketones is 2. The van der Waals surface area contributed by atoms with Crippen molar-refractivity contribution in [3.05, 3.63) is 129 Å². The number of amides is 4. The number of ether oxygens (including phenoxy) is 2. The van der Waals surface area contributed by atoms with Crippen LogP contribution in [-0.4, -0.2) is 61.5 Å². The second-order valence-electron chi connectivity index (χ2n) is 14.8. The molecule has 0 saturated heterocycles. The molecule has 4 unspecified atom stereocenters. The number of anilines is 4. The van der Waals surface area contributed by atoms with Gasteiger partial charge in [-0.3, -0.25) is 28.8 Å². The van der Waals surface area contributed by atoms with Crippen molar-refractivity contribution in [1.82, 2.24) is 0 Å². The zero-order chi connectivity index (χ0) is 49.8. The Morgan fingerprint density at radius 2 is 1.00 bits per heavy atom. The number of azo groups is 2. The number of carbonyl (C=O) groups is 6. The van der Waals surface area contributed by atoms with E-state index in [1.807, 2.05) is 0 Å². The molecule has 0 spiro atoms. The molecular weight excluding hydrogens is 982 g/mol. The predicted octanol–water partition coefficient (Wildman–Crippen LogP) is 12.2. The summed E-state index contributed by atoms with van der Waals surface area (Å²) in [5.74, 6) is -3.36. The number of hydrogen-bond acceptors (Lipinski definition) is 12. The summed E-state index contributed by atoms with van der Waals surface area (Å²) in [6, 6.07) is 19.6. The summed E-state index contributed by atoms with van der Waals surface area (Å²) in [5.41, 5.74) is 3.06. The van der Waals surface area contributed by atoms with Gasteiger partial charge in [0.25, 0.3) is 23.6 Å². The summed E-state index contributed by atoms with van der Waals surface area (Å²) in [6.45, 7) is 5.81. The highest BCUT2D eigenvalue weighted by Crippen LogP contribution is 2.34. The Kier molecular flexibility index (Phi) is 18.6. The number of rotatable bonds is 19. The van der Waals surface area contributed by atoms with Crippen molar-refractivity contribution in [2.24, 2.45) is 20.5 Å². The lowest BCUT2D eigenvalue weighted by Gasteiger charge is -2.15. The summed E-state index contributed by atoms with van der Waals surface area (Å²) in [7, 11) is 2.97. The highest BCUT2D eigenvalue weighted by Gasteiger charge is 2.27. The van der Waals surface area contributed by atoms with E-state index < -0.39 is 58.0 Å². The van der Waals surface area contributed by atoms with E-state index in [1.54, 1.807) is 50.2 Å². The smallest absolute Gasteiger partial charge is 0.258 e. The van der Waals surface area contributed by atoms with Crippen LogP contribution in [0.2, 0.25) is 10.0 Å². The number of benzene rings is 5. The molecule has 16 nitrogen and oxygen atoms in total. The fourth-order valence-corrected chi connectivity index (χ4v) is 7.32. The first kappa shape index (κ1) is 52.5. The Morgan fingerprint density at radius 3 is 1.40 bits per heavy atom. The summed E-state index contributed by atoms with van der Waals surface area (Å²) in [4.78, 5) is 78.9. The van der Waals surface area contributed by atoms with Gasteiger partial charge in [0.2, 0.25) is 12.1 Å². The van der Waals surface area contributed by atoms with E-state index in [4.69, 9.17) is 67.5 Å². The molecule has 0 radical (unpaired) electrons. The number of methoxy groups -OCH3 is 2. The van der Waals surface area contributed by atoms with Crippen molar-refractivity contribution in [2.75, 3.05) is 35.5 Å². The number of hydrogen-bond donors (Lipinski definition) is 4. The number of carbonyl (C=O) groups excluding carboxylic acids is 6. The highest BCUT2D eigenvalue weighted by molar-refractivity contribution is 6.35. The first-order valence-corrected chi connectivity index (χ1v) is 22.5. The van der Waals surface area contributed by atoms with Crippen molar-refractivity contribution < 1.29 is 38.2 Å². The molecule has 0 aromatic heterocycles. The molecule has 4 amide bonds. The van der Waals surface area contributed by atoms with Gasteiger partial charge in [0.15, 0.2) is 11.6 Å². The van der Waals surface area contributed by atoms with E-state index in [0.29, 0.717) is 39.6 Å². The Balaban J connectivity index is 1.27. The molecule has 354 valence electrons. The number of halogens is 5. The van der Waals surface area contributed by atoms with Crippen LogP contribution in [0.15, 0.2) is 111 Å². The van der Waals surface area contributed by atoms with E-state index in [2.05, 4.69) is 41.7 Å². The lowest BCUT2D eigenvalue weighted by atomic mass is 10.1. The van der Waals surface area contributed by atoms with Gasteiger partial charge in [-0.1, -0.05) is 35.3 Å². The van der Waals surface area contributed by atoms with Gasteiger partial charge in [-0.15, -0.1) is 34.8 Å². The van der Waals surface area contributed by atoms with Crippen LogP contribution < -0.4 is 30.7 Å². The Morgan fingerprint density at radius 1 is 0.559 bits per heavy atom. The minimum absolute atomic E-state index is 0.0271. The van der Waals surface area contributed by atoms with E-state index in [1.165, 1.54) is 68.8 Å². The third-order valence-corrected chi connectivity index (χ3v) is 11.3. The van der Waals surface area contributed by atoms with Crippen LogP contribution >= 0.6 is 58.0 Å². The number of Topliss-reactive ketones (excluding diaryl/α,β-unsaturated/α-hetero) is 2. The van der Waals surface area contributed by atoms with Crippen LogP contribution in [-0.2, 0) is 25.1 Å². The third-order valence-electron chi connectivity index (χ3n) is 9.88. The molecule has 0 bridgehead atoms. The fourth-order valence-electron chi connectivity index (χ4n) is 6.31. The normalized spacial score (nSPS) is 13.0. The molecule has 0 aliphatic rings. The zero-order valence-corrected chi connectivity index (χ0v) is 40.9. The quantitative estimate of drug-likeness (QED) is 0.0353. The lowest BCUT2D eigenvalue weighted by molar-refractivity contribution is -0.127. The Bertz CT molecular complexity index is 2820. The zero-order valence-electron chi connectivity index (χ0n) is 37.1. The van der Waals surface area contributed by atoms with Crippen molar-refractivity contribution in [3.63, 3.8) is 0 Å². The summed E-state index contributed by atoms with van der Waals surface area (Å²) in [6.07, 6.45) is 0. The van der Waals surface area contributed by atoms with Crippen LogP contribution in [0.25, 0.3) is 0 Å². The molecule has 4 atom stereocenters. The van der Waals surface area contributed by atoms with E-state index in [-0.39, 0.29) is 49.8 Å². The van der Waals surface area contributed by atoms with Gasteiger partial charge in [-0.2, -0.15) is 20.5 Å². The number of alkyl halides is 3. The molecule has 68 heavy (non-hydrogen) atoms. The molecular formula is C47H43Cl5N8O8. The van der Waals surface area contributed by atoms with Crippen LogP contribution in [0.3, 0.4) is 0 Å². The van der Waals surface area contributed by atoms with Gasteiger partial charge in [0.1, 0.15) is 11.5 Å². The van der Waals surface area contributed by atoms with Crippen LogP contribution in [0.4, 0.5) is 34.1 Å². The standard InChI is InChI=1S/C47H43Cl5N8O8/c1-23(49)33-12-10-31(67-5)20-40(33)55-44(63)35-18-29(7-14-37(35)51)57-59-42(25(3)61)46(65)53-28-9-16-39(27(17-28)22-48)54-47(66)43(26(4)62)60-58-30-8-15-38(52)36(19-30)45(64)56-41-21-32(68-6)11-13-34(41)24(2)50/h7-21,23-24,42-43H,22H2,1-6H3,(H,53,65)(H,54,66)(H,55,63)(H,56,64). The van der Waals surface area contributed by atoms with E-state index in [0.717, 1.165) is 13.8 Å². The average molecular weight is 1030 g/mol. The van der Waals surface area contributed by atoms with Crippen LogP contribution in [0, 0.1) is 0 Å². The Labute approximate surface area is 416 Å². The van der Waals surface area contributed by atoms with E-state index in [9.17, 15) is 28.8 Å². The number of nitrogens with one attached hydrogen (secondary N) is 4. The predicted molar refractivity (Wildman–Crippen MR) is 265 cm³/mol. The monoisotopic (exact) mass is 1020 g/mol. The van der Waals surface area contributed by atoms with Crippen molar-refractivity contribution in [3.8, 4) is 11.5 Å². The topological polar surface area (TPSA) is 218 Å². The fraction of sp³-hybridized carbons (Fsp3) is 0.234. The van der Waals surface area contributed by atoms with Gasteiger partial charge < -0.3 is 30.7 Å². The second-order valence-corrected chi connectivity index (χ2v) is 17.2. The van der Waals surface area contributed by atoms with Gasteiger partial charge >= 0.3 is 0 Å². The van der Waals surface area contributed by atoms with Gasteiger partial charge in [0.05, 0.1) is 57.5 Å². The first-order valence-electron chi connectivity index (χ1n) is 20.3. The highest BCUT2D eigenvalue weighted by atomic mass is 35.5. The molecule has 0 fully saturated rings. The molecule has 5 aromatic carbocycles. The minimum Gasteiger partial charge on any atom is -0.497 e. The van der Waals surface area contributed by atoms with Crippen molar-refractivity contribution in [1.29, 1.82) is 0 Å². The van der Waals surface area contributed by atoms with Gasteiger partial charge in [0, 0.05) is 40.8 Å². The van der Waals surface area contributed by atoms with Crippen molar-refractivity contribution in [2.45, 2.75) is 56.4 Å². The summed E-state index contributed by atoms with van der Waals surface area (Å²) < 4.78 is 10.6. The molecule has 0 heterocycles. The maximum Gasteiger partial charge on any atom is 0.258 e. The maximum absolute atomic E-state index is 13.4. The molecule has 5 rings (SSSR count). The average Bonchev–Trinajstić information content (AvgIpc) is 3.29. The summed E-state index contributed by atoms with van der Waals surface area (Å²) >= 11 is 31.7. The first-order chi connectivity index (χ1) is 32.3. The molecule has 0 aliphatic heterocycles. The van der Waals surface area contributed by atoms with Gasteiger partial charge in [-0.05, 0) is 111 Å². The maximum atomic E-state index is 13.4. The van der Waals surface area contributed by atoms with Crippen LogP contribution in [0.5, 0.6) is 11.5 Å². The summed E-state index contributed by atoms with van der Waals surface area (Å²) in [5, 5.41) is 26.2. The van der Waals surface area contributed by atoms with Crippen LogP contribution in [0.1, 0.15) is 75.9 Å². The van der Waals surface area contributed by atoms with Gasteiger partial charge in [-0.25, -0.2) is 0 Å². The SMILES string of the molecule is COc1ccc(C(C)Cl)c(NC(=O)c2cc(N=NC(C(C)=O)C(=O)Nc3ccc(NC(=O)C(N=Nc4ccc(Cl)c(C(=O)Nc5cc(OC)ccc5C(C)Cl)c4)C(C)=O)c(CCl)c3)ccc2Cl)c1. The minimum atomic E-state index is -1.62. The largest absolute Gasteiger partial charge is 0.497 e. The number of nitrogens with zero attached hydrogens (tertiary/aromatic N) is 4. The Hall–Kier alpha value is -6.43. The molecule has 21 heteroatoms.